The van der Waals surface area contributed by atoms with Crippen LogP contribution in [0, 0.1) is 6.92 Å². The first kappa shape index (κ1) is 12.7. The van der Waals surface area contributed by atoms with Gasteiger partial charge in [0.25, 0.3) is 0 Å². The molecule has 3 nitrogen and oxygen atoms in total. The van der Waals surface area contributed by atoms with Gasteiger partial charge < -0.3 is 10.1 Å². The monoisotopic (exact) mass is 267 g/mol. The van der Waals surface area contributed by atoms with Crippen molar-refractivity contribution < 1.29 is 9.53 Å². The Morgan fingerprint density at radius 1 is 1.20 bits per heavy atom. The molecule has 0 saturated carbocycles. The summed E-state index contributed by atoms with van der Waals surface area (Å²) >= 11 is 0. The Morgan fingerprint density at radius 3 is 2.75 bits per heavy atom. The van der Waals surface area contributed by atoms with Crippen molar-refractivity contribution in [3.05, 3.63) is 59.2 Å². The highest BCUT2D eigenvalue weighted by molar-refractivity contribution is 6.03. The molecule has 1 aliphatic rings. The number of amides is 1. The number of methoxy groups -OCH3 is 1. The fourth-order valence-corrected chi connectivity index (χ4v) is 2.78. The predicted molar refractivity (Wildman–Crippen MR) is 79.2 cm³/mol. The molecule has 3 rings (SSSR count). The highest BCUT2D eigenvalue weighted by atomic mass is 16.5. The minimum atomic E-state index is -0.0982. The predicted octanol–water partition coefficient (Wildman–Crippen LogP) is 3.28. The Bertz CT molecular complexity index is 664. The number of carbonyl (C=O) groups excluding carboxylic acids is 1. The van der Waals surface area contributed by atoms with Gasteiger partial charge in [0.2, 0.25) is 5.91 Å². The third kappa shape index (κ3) is 2.16. The Morgan fingerprint density at radius 2 is 2.00 bits per heavy atom. The molecule has 0 bridgehead atoms. The molecule has 1 atom stereocenters. The number of rotatable bonds is 3. The minimum Gasteiger partial charge on any atom is -0.496 e. The minimum absolute atomic E-state index is 0.0830. The van der Waals surface area contributed by atoms with E-state index in [2.05, 4.69) is 11.4 Å². The quantitative estimate of drug-likeness (QED) is 0.926. The van der Waals surface area contributed by atoms with Gasteiger partial charge in [-0.25, -0.2) is 0 Å². The van der Waals surface area contributed by atoms with Gasteiger partial charge in [-0.15, -0.1) is 0 Å². The number of para-hydroxylation sites is 1. The van der Waals surface area contributed by atoms with Crippen molar-refractivity contribution in [2.45, 2.75) is 19.3 Å². The van der Waals surface area contributed by atoms with E-state index in [9.17, 15) is 4.79 Å². The molecule has 1 N–H and O–H groups in total. The van der Waals surface area contributed by atoms with Gasteiger partial charge in [0.05, 0.1) is 13.0 Å². The lowest BCUT2D eigenvalue weighted by atomic mass is 9.92. The van der Waals surface area contributed by atoms with Crippen LogP contribution in [0.5, 0.6) is 5.75 Å². The van der Waals surface area contributed by atoms with Crippen molar-refractivity contribution in [1.29, 1.82) is 0 Å². The molecule has 1 aliphatic heterocycles. The molecule has 0 aliphatic carbocycles. The summed E-state index contributed by atoms with van der Waals surface area (Å²) in [6.45, 7) is 2.02. The molecule has 3 heteroatoms. The fraction of sp³-hybridized carbons (Fsp3) is 0.235. The van der Waals surface area contributed by atoms with Crippen LogP contribution in [-0.2, 0) is 11.2 Å². The molecule has 0 aromatic heterocycles. The Balaban J connectivity index is 1.88. The number of hydrogen-bond acceptors (Lipinski definition) is 2. The van der Waals surface area contributed by atoms with Crippen molar-refractivity contribution in [3.8, 4) is 5.75 Å². The lowest BCUT2D eigenvalue weighted by Crippen LogP contribution is -2.14. The summed E-state index contributed by atoms with van der Waals surface area (Å²) < 4.78 is 5.27. The maximum absolute atomic E-state index is 12.1. The number of anilines is 1. The molecule has 102 valence electrons. The molecule has 0 saturated heterocycles. The summed E-state index contributed by atoms with van der Waals surface area (Å²) in [6.07, 6.45) is 0.716. The first-order valence-corrected chi connectivity index (χ1v) is 6.72. The SMILES string of the molecule is COc1ccc(CC2C(=O)Nc3ccccc32)cc1C. The number of hydrogen-bond donors (Lipinski definition) is 1. The maximum Gasteiger partial charge on any atom is 0.232 e. The van der Waals surface area contributed by atoms with Gasteiger partial charge in [0, 0.05) is 5.69 Å². The molecular weight excluding hydrogens is 250 g/mol. The van der Waals surface area contributed by atoms with E-state index in [1.165, 1.54) is 0 Å². The lowest BCUT2D eigenvalue weighted by molar-refractivity contribution is -0.117. The lowest BCUT2D eigenvalue weighted by Gasteiger charge is -2.11. The summed E-state index contributed by atoms with van der Waals surface area (Å²) in [5, 5.41) is 2.94. The van der Waals surface area contributed by atoms with Crippen molar-refractivity contribution in [1.82, 2.24) is 0 Å². The van der Waals surface area contributed by atoms with Gasteiger partial charge in [-0.2, -0.15) is 0 Å². The van der Waals surface area contributed by atoms with Gasteiger partial charge in [-0.1, -0.05) is 30.3 Å². The van der Waals surface area contributed by atoms with Gasteiger partial charge in [-0.3, -0.25) is 4.79 Å². The van der Waals surface area contributed by atoms with E-state index in [1.54, 1.807) is 7.11 Å². The molecule has 1 heterocycles. The first-order valence-electron chi connectivity index (χ1n) is 6.72. The average molecular weight is 267 g/mol. The zero-order chi connectivity index (χ0) is 14.1. The molecule has 1 amide bonds. The van der Waals surface area contributed by atoms with Crippen LogP contribution >= 0.6 is 0 Å². The Kier molecular flexibility index (Phi) is 3.18. The van der Waals surface area contributed by atoms with E-state index >= 15 is 0 Å². The zero-order valence-electron chi connectivity index (χ0n) is 11.6. The number of aryl methyl sites for hydroxylation is 1. The number of benzene rings is 2. The van der Waals surface area contributed by atoms with Crippen molar-refractivity contribution in [2.24, 2.45) is 0 Å². The van der Waals surface area contributed by atoms with Gasteiger partial charge in [-0.05, 0) is 42.2 Å². The Hall–Kier alpha value is -2.29. The van der Waals surface area contributed by atoms with Crippen molar-refractivity contribution >= 4 is 11.6 Å². The van der Waals surface area contributed by atoms with E-state index < -0.39 is 0 Å². The van der Waals surface area contributed by atoms with E-state index in [1.807, 2.05) is 43.3 Å². The summed E-state index contributed by atoms with van der Waals surface area (Å²) in [5.74, 6) is 0.865. The van der Waals surface area contributed by atoms with Gasteiger partial charge in [0.15, 0.2) is 0 Å². The van der Waals surface area contributed by atoms with Gasteiger partial charge in [0.1, 0.15) is 5.75 Å². The third-order valence-electron chi connectivity index (χ3n) is 3.81. The molecule has 2 aromatic carbocycles. The Labute approximate surface area is 118 Å². The molecule has 0 spiro atoms. The number of carbonyl (C=O) groups is 1. The maximum atomic E-state index is 12.1. The zero-order valence-corrected chi connectivity index (χ0v) is 11.6. The summed E-state index contributed by atoms with van der Waals surface area (Å²) in [6, 6.07) is 14.0. The summed E-state index contributed by atoms with van der Waals surface area (Å²) in [7, 11) is 1.67. The van der Waals surface area contributed by atoms with Crippen LogP contribution in [0.1, 0.15) is 22.6 Å². The second kappa shape index (κ2) is 5.00. The van der Waals surface area contributed by atoms with Crippen molar-refractivity contribution in [2.75, 3.05) is 12.4 Å². The highest BCUT2D eigenvalue weighted by Gasteiger charge is 2.30. The molecule has 1 unspecified atom stereocenters. The van der Waals surface area contributed by atoms with Crippen LogP contribution < -0.4 is 10.1 Å². The van der Waals surface area contributed by atoms with E-state index in [-0.39, 0.29) is 11.8 Å². The van der Waals surface area contributed by atoms with Crippen LogP contribution in [-0.4, -0.2) is 13.0 Å². The average Bonchev–Trinajstić information content (AvgIpc) is 2.76. The number of nitrogens with one attached hydrogen (secondary N) is 1. The van der Waals surface area contributed by atoms with Crippen LogP contribution in [0.15, 0.2) is 42.5 Å². The third-order valence-corrected chi connectivity index (χ3v) is 3.81. The topological polar surface area (TPSA) is 38.3 Å². The molecule has 0 fully saturated rings. The van der Waals surface area contributed by atoms with Crippen LogP contribution in [0.3, 0.4) is 0 Å². The first-order chi connectivity index (χ1) is 9.69. The highest BCUT2D eigenvalue weighted by Crippen LogP contribution is 2.34. The largest absolute Gasteiger partial charge is 0.496 e. The van der Waals surface area contributed by atoms with Crippen molar-refractivity contribution in [3.63, 3.8) is 0 Å². The van der Waals surface area contributed by atoms with E-state index in [4.69, 9.17) is 4.74 Å². The van der Waals surface area contributed by atoms with E-state index in [0.29, 0.717) is 6.42 Å². The smallest absolute Gasteiger partial charge is 0.232 e. The summed E-state index contributed by atoms with van der Waals surface area (Å²) in [5.41, 5.74) is 4.27. The number of ether oxygens (including phenoxy) is 1. The van der Waals surface area contributed by atoms with Gasteiger partial charge >= 0.3 is 0 Å². The second-order valence-corrected chi connectivity index (χ2v) is 5.14. The second-order valence-electron chi connectivity index (χ2n) is 5.14. The number of fused-ring (bicyclic) bond motifs is 1. The van der Waals surface area contributed by atoms with E-state index in [0.717, 1.165) is 28.1 Å². The standard InChI is InChI=1S/C17H17NO2/c1-11-9-12(7-8-16(11)20-2)10-14-13-5-3-4-6-15(13)18-17(14)19/h3-9,14H,10H2,1-2H3,(H,18,19). The normalized spacial score (nSPS) is 16.7. The molecular formula is C17H17NO2. The fourth-order valence-electron chi connectivity index (χ4n) is 2.78. The summed E-state index contributed by atoms with van der Waals surface area (Å²) in [4.78, 5) is 12.1. The molecule has 20 heavy (non-hydrogen) atoms. The van der Waals surface area contributed by atoms with Crippen LogP contribution in [0.4, 0.5) is 5.69 Å². The van der Waals surface area contributed by atoms with Crippen LogP contribution in [0.2, 0.25) is 0 Å². The van der Waals surface area contributed by atoms with Crippen LogP contribution in [0.25, 0.3) is 0 Å². The molecule has 0 radical (unpaired) electrons. The molecule has 2 aromatic rings.